The molecule has 1 aliphatic heterocycles. The molecular weight excluding hydrogens is 328 g/mol. The number of carbonyl (C=O) groups excluding carboxylic acids is 1. The number of amides is 1. The number of aromatic amines is 1. The lowest BCUT2D eigenvalue weighted by Gasteiger charge is -2.14. The van der Waals surface area contributed by atoms with Gasteiger partial charge in [-0.25, -0.2) is 4.98 Å². The third-order valence-electron chi connectivity index (χ3n) is 4.78. The average Bonchev–Trinajstić information content (AvgIpc) is 3.21. The minimum atomic E-state index is -0.197. The van der Waals surface area contributed by atoms with Crippen molar-refractivity contribution < 1.29 is 4.79 Å². The molecule has 6 nitrogen and oxygen atoms in total. The van der Waals surface area contributed by atoms with Crippen LogP contribution in [0.4, 0.5) is 0 Å². The molecule has 2 aromatic carbocycles. The van der Waals surface area contributed by atoms with Gasteiger partial charge in [-0.2, -0.15) is 0 Å². The van der Waals surface area contributed by atoms with Gasteiger partial charge in [-0.05, 0) is 42.6 Å². The lowest BCUT2D eigenvalue weighted by molar-refractivity contribution is 0.0948. The fourth-order valence-electron chi connectivity index (χ4n) is 3.46. The van der Waals surface area contributed by atoms with Crippen LogP contribution in [-0.4, -0.2) is 29.0 Å². The standard InChI is InChI=1S/C20H20N4O2/c25-19(15-6-2-1-5-14(15)13-9-10-21-11-13)22-12-18-23-17-8-4-3-7-16(17)20(26)24-18/h1-8,13,21H,9-12H2,(H,22,25)(H,23,24,26)/t13-/m0/s1. The topological polar surface area (TPSA) is 86.9 Å². The third kappa shape index (κ3) is 3.23. The van der Waals surface area contributed by atoms with E-state index in [0.29, 0.717) is 28.2 Å². The minimum absolute atomic E-state index is 0.150. The summed E-state index contributed by atoms with van der Waals surface area (Å²) in [5.74, 6) is 0.654. The number of H-pyrrole nitrogens is 1. The van der Waals surface area contributed by atoms with Crippen LogP contribution in [0.1, 0.15) is 34.1 Å². The van der Waals surface area contributed by atoms with Crippen molar-refractivity contribution >= 4 is 16.8 Å². The summed E-state index contributed by atoms with van der Waals surface area (Å²) in [5, 5.41) is 6.76. The highest BCUT2D eigenvalue weighted by molar-refractivity contribution is 5.95. The Balaban J connectivity index is 1.54. The van der Waals surface area contributed by atoms with Gasteiger partial charge in [-0.3, -0.25) is 9.59 Å². The van der Waals surface area contributed by atoms with Crippen molar-refractivity contribution in [3.63, 3.8) is 0 Å². The van der Waals surface area contributed by atoms with Gasteiger partial charge in [0, 0.05) is 12.1 Å². The molecule has 2 heterocycles. The molecule has 1 atom stereocenters. The van der Waals surface area contributed by atoms with Crippen LogP contribution in [0.15, 0.2) is 53.3 Å². The van der Waals surface area contributed by atoms with E-state index < -0.39 is 0 Å². The minimum Gasteiger partial charge on any atom is -0.345 e. The second-order valence-electron chi connectivity index (χ2n) is 6.49. The number of aromatic nitrogens is 2. The van der Waals surface area contributed by atoms with Crippen molar-refractivity contribution in [3.05, 3.63) is 75.8 Å². The number of hydrogen-bond acceptors (Lipinski definition) is 4. The summed E-state index contributed by atoms with van der Waals surface area (Å²) in [5.41, 5.74) is 2.18. The van der Waals surface area contributed by atoms with E-state index in [2.05, 4.69) is 20.6 Å². The number of benzene rings is 2. The molecule has 0 saturated carbocycles. The fourth-order valence-corrected chi connectivity index (χ4v) is 3.46. The Morgan fingerprint density at radius 2 is 1.96 bits per heavy atom. The van der Waals surface area contributed by atoms with E-state index >= 15 is 0 Å². The van der Waals surface area contributed by atoms with Crippen LogP contribution in [0.5, 0.6) is 0 Å². The molecule has 6 heteroatoms. The Labute approximate surface area is 150 Å². The number of para-hydroxylation sites is 1. The van der Waals surface area contributed by atoms with Gasteiger partial charge in [0.1, 0.15) is 5.82 Å². The van der Waals surface area contributed by atoms with Crippen LogP contribution in [0.25, 0.3) is 10.9 Å². The first-order valence-electron chi connectivity index (χ1n) is 8.78. The molecule has 0 aliphatic carbocycles. The van der Waals surface area contributed by atoms with Crippen molar-refractivity contribution in [2.45, 2.75) is 18.9 Å². The van der Waals surface area contributed by atoms with Crippen LogP contribution in [0, 0.1) is 0 Å². The Morgan fingerprint density at radius 3 is 2.81 bits per heavy atom. The molecule has 3 N–H and O–H groups in total. The number of hydrogen-bond donors (Lipinski definition) is 3. The lowest BCUT2D eigenvalue weighted by atomic mass is 9.93. The van der Waals surface area contributed by atoms with Gasteiger partial charge in [0.25, 0.3) is 11.5 Å². The van der Waals surface area contributed by atoms with Crippen LogP contribution >= 0.6 is 0 Å². The highest BCUT2D eigenvalue weighted by atomic mass is 16.1. The van der Waals surface area contributed by atoms with Gasteiger partial charge in [0.15, 0.2) is 0 Å². The van der Waals surface area contributed by atoms with Crippen LogP contribution in [0.2, 0.25) is 0 Å². The molecule has 0 unspecified atom stereocenters. The maximum absolute atomic E-state index is 12.7. The van der Waals surface area contributed by atoms with Crippen molar-refractivity contribution in [2.75, 3.05) is 13.1 Å². The second kappa shape index (κ2) is 7.09. The lowest BCUT2D eigenvalue weighted by Crippen LogP contribution is -2.27. The maximum Gasteiger partial charge on any atom is 0.258 e. The molecule has 1 fully saturated rings. The Morgan fingerprint density at radius 1 is 1.15 bits per heavy atom. The molecule has 0 radical (unpaired) electrons. The van der Waals surface area contributed by atoms with Crippen molar-refractivity contribution in [1.29, 1.82) is 0 Å². The van der Waals surface area contributed by atoms with Crippen LogP contribution < -0.4 is 16.2 Å². The molecule has 0 bridgehead atoms. The van der Waals surface area contributed by atoms with Crippen LogP contribution in [0.3, 0.4) is 0 Å². The van der Waals surface area contributed by atoms with E-state index in [1.807, 2.05) is 30.3 Å². The van der Waals surface area contributed by atoms with E-state index in [0.717, 1.165) is 25.1 Å². The predicted molar refractivity (Wildman–Crippen MR) is 100 cm³/mol. The second-order valence-corrected chi connectivity index (χ2v) is 6.49. The summed E-state index contributed by atoms with van der Waals surface area (Å²) in [4.78, 5) is 32.0. The average molecular weight is 348 g/mol. The SMILES string of the molecule is O=C(NCc1nc2ccccc2c(=O)[nH]1)c1ccccc1[C@H]1CCNC1. The first kappa shape index (κ1) is 16.5. The molecule has 1 amide bonds. The fraction of sp³-hybridized carbons (Fsp3) is 0.250. The van der Waals surface area contributed by atoms with E-state index in [1.165, 1.54) is 0 Å². The first-order valence-corrected chi connectivity index (χ1v) is 8.78. The predicted octanol–water partition coefficient (Wildman–Crippen LogP) is 1.93. The van der Waals surface area contributed by atoms with Gasteiger partial charge in [-0.15, -0.1) is 0 Å². The normalized spacial score (nSPS) is 16.7. The molecule has 132 valence electrons. The van der Waals surface area contributed by atoms with Gasteiger partial charge < -0.3 is 15.6 Å². The summed E-state index contributed by atoms with van der Waals surface area (Å²) in [6.07, 6.45) is 1.03. The Hall–Kier alpha value is -2.99. The molecule has 26 heavy (non-hydrogen) atoms. The quantitative estimate of drug-likeness (QED) is 0.672. The van der Waals surface area contributed by atoms with Crippen molar-refractivity contribution in [1.82, 2.24) is 20.6 Å². The highest BCUT2D eigenvalue weighted by Gasteiger charge is 2.22. The zero-order chi connectivity index (χ0) is 17.9. The smallest absolute Gasteiger partial charge is 0.258 e. The van der Waals surface area contributed by atoms with Gasteiger partial charge >= 0.3 is 0 Å². The summed E-state index contributed by atoms with van der Waals surface area (Å²) in [6, 6.07) is 14.9. The molecular formula is C20H20N4O2. The Kier molecular flexibility index (Phi) is 4.50. The monoisotopic (exact) mass is 348 g/mol. The van der Waals surface area contributed by atoms with E-state index in [-0.39, 0.29) is 18.0 Å². The van der Waals surface area contributed by atoms with Crippen molar-refractivity contribution in [3.8, 4) is 0 Å². The number of nitrogens with one attached hydrogen (secondary N) is 3. The summed E-state index contributed by atoms with van der Waals surface area (Å²) in [7, 11) is 0. The number of rotatable bonds is 4. The molecule has 3 aromatic rings. The number of fused-ring (bicyclic) bond motifs is 1. The molecule has 1 aromatic heterocycles. The molecule has 1 aliphatic rings. The first-order chi connectivity index (χ1) is 12.7. The number of carbonyl (C=O) groups is 1. The van der Waals surface area contributed by atoms with Crippen molar-refractivity contribution in [2.24, 2.45) is 0 Å². The number of nitrogens with zero attached hydrogens (tertiary/aromatic N) is 1. The largest absolute Gasteiger partial charge is 0.345 e. The molecule has 0 spiro atoms. The van der Waals surface area contributed by atoms with Crippen LogP contribution in [-0.2, 0) is 6.54 Å². The summed E-state index contributed by atoms with van der Waals surface area (Å²) >= 11 is 0. The zero-order valence-electron chi connectivity index (χ0n) is 14.3. The van der Waals surface area contributed by atoms with E-state index in [4.69, 9.17) is 0 Å². The third-order valence-corrected chi connectivity index (χ3v) is 4.78. The van der Waals surface area contributed by atoms with E-state index in [9.17, 15) is 9.59 Å². The van der Waals surface area contributed by atoms with Gasteiger partial charge in [0.2, 0.25) is 0 Å². The Bertz CT molecular complexity index is 1010. The molecule has 4 rings (SSSR count). The summed E-state index contributed by atoms with van der Waals surface area (Å²) in [6.45, 7) is 2.04. The highest BCUT2D eigenvalue weighted by Crippen LogP contribution is 2.25. The zero-order valence-corrected chi connectivity index (χ0v) is 14.3. The molecule has 1 saturated heterocycles. The van der Waals surface area contributed by atoms with Gasteiger partial charge in [0.05, 0.1) is 17.4 Å². The summed E-state index contributed by atoms with van der Waals surface area (Å²) < 4.78 is 0. The van der Waals surface area contributed by atoms with E-state index in [1.54, 1.807) is 18.2 Å². The van der Waals surface area contributed by atoms with Gasteiger partial charge in [-0.1, -0.05) is 30.3 Å². The maximum atomic E-state index is 12.7.